The molecule has 2 aliphatic heterocycles. The van der Waals surface area contributed by atoms with E-state index in [1.807, 2.05) is 41.4 Å². The molecule has 3 heterocycles. The summed E-state index contributed by atoms with van der Waals surface area (Å²) in [5.41, 5.74) is 1.75. The van der Waals surface area contributed by atoms with Gasteiger partial charge in [-0.25, -0.2) is 4.98 Å². The number of nitrogens with zero attached hydrogens (tertiary/aromatic N) is 4. The minimum atomic E-state index is -0.0625. The van der Waals surface area contributed by atoms with Gasteiger partial charge in [-0.1, -0.05) is 48.5 Å². The van der Waals surface area contributed by atoms with Gasteiger partial charge in [0.1, 0.15) is 5.82 Å². The van der Waals surface area contributed by atoms with Crippen molar-refractivity contribution in [1.82, 2.24) is 14.8 Å². The average molecular weight is 427 g/mol. The number of benzene rings is 2. The van der Waals surface area contributed by atoms with Crippen molar-refractivity contribution in [2.24, 2.45) is 0 Å². The highest BCUT2D eigenvalue weighted by atomic mass is 16.2. The first-order valence-electron chi connectivity index (χ1n) is 11.1. The van der Waals surface area contributed by atoms with E-state index in [1.54, 1.807) is 36.4 Å². The average Bonchev–Trinajstić information content (AvgIpc) is 2.84. The summed E-state index contributed by atoms with van der Waals surface area (Å²) in [6, 6.07) is 22.7. The number of anilines is 1. The van der Waals surface area contributed by atoms with Gasteiger partial charge < -0.3 is 9.80 Å². The van der Waals surface area contributed by atoms with Gasteiger partial charge in [0.2, 0.25) is 0 Å². The van der Waals surface area contributed by atoms with Gasteiger partial charge in [0.05, 0.1) is 0 Å². The van der Waals surface area contributed by atoms with Crippen molar-refractivity contribution >= 4 is 17.5 Å². The van der Waals surface area contributed by atoms with Crippen LogP contribution in [0.2, 0.25) is 0 Å². The smallest absolute Gasteiger partial charge is 0.253 e. The first kappa shape index (κ1) is 20.4. The molecule has 1 aromatic heterocycles. The number of carbonyl (C=O) groups excluding carboxylic acids is 2. The number of carbonyl (C=O) groups is 2. The predicted molar refractivity (Wildman–Crippen MR) is 124 cm³/mol. The molecule has 2 fully saturated rings. The Balaban J connectivity index is 1.16. The quantitative estimate of drug-likeness (QED) is 0.587. The molecule has 0 radical (unpaired) electrons. The van der Waals surface area contributed by atoms with E-state index in [4.69, 9.17) is 0 Å². The second-order valence-corrected chi connectivity index (χ2v) is 8.35. The largest absolute Gasteiger partial charge is 0.354 e. The Labute approximate surface area is 188 Å². The maximum absolute atomic E-state index is 13.0. The highest BCUT2D eigenvalue weighted by Crippen LogP contribution is 2.22. The van der Waals surface area contributed by atoms with Gasteiger partial charge in [-0.15, -0.1) is 0 Å². The van der Waals surface area contributed by atoms with Crippen LogP contribution in [0.25, 0.3) is 0 Å². The van der Waals surface area contributed by atoms with Crippen molar-refractivity contribution in [1.29, 1.82) is 0 Å². The van der Waals surface area contributed by atoms with Gasteiger partial charge in [-0.2, -0.15) is 0 Å². The molecule has 0 saturated carbocycles. The maximum atomic E-state index is 13.0. The minimum absolute atomic E-state index is 0.00363. The lowest BCUT2D eigenvalue weighted by Crippen LogP contribution is -2.64. The number of hydrogen-bond acceptors (Lipinski definition) is 5. The third-order valence-corrected chi connectivity index (χ3v) is 6.36. The summed E-state index contributed by atoms with van der Waals surface area (Å²) in [4.78, 5) is 36.8. The van der Waals surface area contributed by atoms with Crippen LogP contribution in [-0.4, -0.2) is 71.8 Å². The second-order valence-electron chi connectivity index (χ2n) is 8.35. The number of rotatable bonds is 5. The summed E-state index contributed by atoms with van der Waals surface area (Å²) < 4.78 is 0. The standard InChI is InChI=1S/C26H26N4O2/c31-25(20-7-2-1-3-8-20)21-9-6-10-22(17-21)26(32)30-18-23(19-30)28-13-15-29(16-14-28)24-11-4-5-12-27-24/h1-12,17,23H,13-16,18-19H2. The zero-order chi connectivity index (χ0) is 21.9. The number of hydrogen-bond donors (Lipinski definition) is 0. The summed E-state index contributed by atoms with van der Waals surface area (Å²) in [6.07, 6.45) is 1.83. The maximum Gasteiger partial charge on any atom is 0.253 e. The Morgan fingerprint density at radius 1 is 0.750 bits per heavy atom. The molecule has 0 atom stereocenters. The van der Waals surface area contributed by atoms with Crippen LogP contribution in [-0.2, 0) is 0 Å². The third-order valence-electron chi connectivity index (χ3n) is 6.36. The van der Waals surface area contributed by atoms with Crippen LogP contribution in [0.3, 0.4) is 0 Å². The number of pyridine rings is 1. The highest BCUT2D eigenvalue weighted by molar-refractivity contribution is 6.10. The SMILES string of the molecule is O=C(c1ccccc1)c1cccc(C(=O)N2CC(N3CCN(c4ccccn4)CC3)C2)c1. The molecule has 0 bridgehead atoms. The van der Waals surface area contributed by atoms with Crippen molar-refractivity contribution < 1.29 is 9.59 Å². The van der Waals surface area contributed by atoms with E-state index < -0.39 is 0 Å². The summed E-state index contributed by atoms with van der Waals surface area (Å²) in [7, 11) is 0. The summed E-state index contributed by atoms with van der Waals surface area (Å²) >= 11 is 0. The van der Waals surface area contributed by atoms with Gasteiger partial charge in [0, 0.05) is 68.2 Å². The van der Waals surface area contributed by atoms with E-state index >= 15 is 0 Å². The topological polar surface area (TPSA) is 56.8 Å². The summed E-state index contributed by atoms with van der Waals surface area (Å²) in [5.74, 6) is 0.964. The first-order valence-corrected chi connectivity index (χ1v) is 11.1. The van der Waals surface area contributed by atoms with Gasteiger partial charge in [-0.05, 0) is 24.3 Å². The Kier molecular flexibility index (Phi) is 5.69. The lowest BCUT2D eigenvalue weighted by Gasteiger charge is -2.48. The Morgan fingerprint density at radius 2 is 1.44 bits per heavy atom. The molecule has 2 aliphatic rings. The van der Waals surface area contributed by atoms with E-state index in [0.29, 0.717) is 22.7 Å². The molecule has 0 unspecified atom stereocenters. The van der Waals surface area contributed by atoms with Crippen LogP contribution in [0, 0.1) is 0 Å². The molecular formula is C26H26N4O2. The van der Waals surface area contributed by atoms with Crippen LogP contribution < -0.4 is 4.90 Å². The molecule has 5 rings (SSSR count). The van der Waals surface area contributed by atoms with Crippen molar-refractivity contribution in [3.05, 3.63) is 95.7 Å². The second kappa shape index (κ2) is 8.93. The Morgan fingerprint density at radius 3 is 2.16 bits per heavy atom. The van der Waals surface area contributed by atoms with Crippen molar-refractivity contribution in [2.45, 2.75) is 6.04 Å². The molecule has 2 saturated heterocycles. The number of ketones is 1. The molecule has 3 aromatic rings. The fourth-order valence-corrected chi connectivity index (χ4v) is 4.44. The highest BCUT2D eigenvalue weighted by Gasteiger charge is 2.36. The Bertz CT molecular complexity index is 1090. The fourth-order valence-electron chi connectivity index (χ4n) is 4.44. The summed E-state index contributed by atoms with van der Waals surface area (Å²) in [6.45, 7) is 5.32. The van der Waals surface area contributed by atoms with Gasteiger partial charge >= 0.3 is 0 Å². The van der Waals surface area contributed by atoms with Crippen molar-refractivity contribution in [3.63, 3.8) is 0 Å². The van der Waals surface area contributed by atoms with Crippen LogP contribution in [0.15, 0.2) is 79.0 Å². The Hall–Kier alpha value is -3.51. The molecule has 0 spiro atoms. The lowest BCUT2D eigenvalue weighted by molar-refractivity contribution is 0.0246. The fraction of sp³-hybridized carbons (Fsp3) is 0.269. The molecule has 2 aromatic carbocycles. The van der Waals surface area contributed by atoms with Crippen LogP contribution in [0.4, 0.5) is 5.82 Å². The molecular weight excluding hydrogens is 400 g/mol. The third kappa shape index (κ3) is 4.14. The molecule has 0 aliphatic carbocycles. The van der Waals surface area contributed by atoms with E-state index in [9.17, 15) is 9.59 Å². The predicted octanol–water partition coefficient (Wildman–Crippen LogP) is 2.96. The monoisotopic (exact) mass is 426 g/mol. The van der Waals surface area contributed by atoms with E-state index in [0.717, 1.165) is 45.1 Å². The number of piperazine rings is 1. The van der Waals surface area contributed by atoms with Crippen molar-refractivity contribution in [3.8, 4) is 0 Å². The lowest BCUT2D eigenvalue weighted by atomic mass is 9.99. The molecule has 0 N–H and O–H groups in total. The van der Waals surface area contributed by atoms with Crippen LogP contribution in [0.1, 0.15) is 26.3 Å². The molecule has 1 amide bonds. The van der Waals surface area contributed by atoms with E-state index in [1.165, 1.54) is 0 Å². The van der Waals surface area contributed by atoms with E-state index in [2.05, 4.69) is 20.9 Å². The zero-order valence-electron chi connectivity index (χ0n) is 17.9. The minimum Gasteiger partial charge on any atom is -0.354 e. The number of likely N-dealkylation sites (tertiary alicyclic amines) is 1. The van der Waals surface area contributed by atoms with Crippen molar-refractivity contribution in [2.75, 3.05) is 44.2 Å². The van der Waals surface area contributed by atoms with Gasteiger partial charge in [0.15, 0.2) is 5.78 Å². The van der Waals surface area contributed by atoms with Gasteiger partial charge in [0.25, 0.3) is 5.91 Å². The normalized spacial score (nSPS) is 17.1. The first-order chi connectivity index (χ1) is 15.7. The van der Waals surface area contributed by atoms with Crippen LogP contribution >= 0.6 is 0 Å². The molecule has 32 heavy (non-hydrogen) atoms. The zero-order valence-corrected chi connectivity index (χ0v) is 17.9. The molecule has 6 heteroatoms. The number of amides is 1. The van der Waals surface area contributed by atoms with E-state index in [-0.39, 0.29) is 11.7 Å². The van der Waals surface area contributed by atoms with Crippen LogP contribution in [0.5, 0.6) is 0 Å². The number of aromatic nitrogens is 1. The van der Waals surface area contributed by atoms with Gasteiger partial charge in [-0.3, -0.25) is 14.5 Å². The molecule has 162 valence electrons. The molecule has 6 nitrogen and oxygen atoms in total. The summed E-state index contributed by atoms with van der Waals surface area (Å²) in [5, 5.41) is 0.